The van der Waals surface area contributed by atoms with Crippen molar-refractivity contribution in [1.29, 1.82) is 0 Å². The molecular weight excluding hydrogens is 668 g/mol. The normalized spacial score (nSPS) is 30.9. The summed E-state index contributed by atoms with van der Waals surface area (Å²) >= 11 is 0. The first kappa shape index (κ1) is 35.4. The van der Waals surface area contributed by atoms with Gasteiger partial charge in [-0.1, -0.05) is 26.0 Å². The van der Waals surface area contributed by atoms with Gasteiger partial charge in [-0.3, -0.25) is 19.1 Å². The van der Waals surface area contributed by atoms with Crippen molar-refractivity contribution in [2.75, 3.05) is 13.7 Å². The average Bonchev–Trinajstić information content (AvgIpc) is 3.94. The number of allylic oxidation sites excluding steroid dienone is 1. The number of carbonyl (C=O) groups excluding carboxylic acids is 3. The highest BCUT2D eigenvalue weighted by molar-refractivity contribution is 7.91. The molecule has 2 aromatic rings. The summed E-state index contributed by atoms with van der Waals surface area (Å²) in [5.74, 6) is -2.08. The summed E-state index contributed by atoms with van der Waals surface area (Å²) in [7, 11) is -2.51. The molecule has 50 heavy (non-hydrogen) atoms. The standard InChI is InChI=1S/C34H44N6O9S/c1-19-7-5-6-8-21-16-34(21,31(43)39-50(46,47)33(3)11-12-33)38-29(41)26-15-23(18-40(26)30(42)28(20(2)13-19)37-32(44)45)49-22-9-10-24-25(14-22)36-27(48-4)17-35-24/h6,8-10,14,17,19-21,23,26,28,37H,5,7,11-13,15-16,18H2,1-4H3,(H,38,41)(H,39,43)(H,44,45)/t19-,20-,21-,23-,26+,28+,34-/m1/s1. The van der Waals surface area contributed by atoms with Crippen molar-refractivity contribution >= 4 is 44.9 Å². The summed E-state index contributed by atoms with van der Waals surface area (Å²) in [6.45, 7) is 5.36. The third kappa shape index (κ3) is 7.07. The lowest BCUT2D eigenvalue weighted by Gasteiger charge is -2.32. The van der Waals surface area contributed by atoms with Crippen molar-refractivity contribution in [1.82, 2.24) is 30.2 Å². The number of carbonyl (C=O) groups is 4. The minimum atomic E-state index is -3.99. The van der Waals surface area contributed by atoms with Crippen LogP contribution in [0.3, 0.4) is 0 Å². The molecule has 2 aliphatic heterocycles. The molecule has 4 N–H and O–H groups in total. The molecule has 2 saturated carbocycles. The number of rotatable bonds is 7. The maximum Gasteiger partial charge on any atom is 0.405 e. The van der Waals surface area contributed by atoms with Crippen LogP contribution in [0, 0.1) is 17.8 Å². The van der Waals surface area contributed by atoms with Crippen LogP contribution in [-0.2, 0) is 24.4 Å². The number of hydrogen-bond donors (Lipinski definition) is 4. The second-order valence-corrected chi connectivity index (χ2v) is 16.6. The average molecular weight is 713 g/mol. The molecule has 4 amide bonds. The summed E-state index contributed by atoms with van der Waals surface area (Å²) in [6, 6.07) is 2.79. The monoisotopic (exact) mass is 712 g/mol. The van der Waals surface area contributed by atoms with E-state index in [0.29, 0.717) is 48.3 Å². The number of amides is 4. The Morgan fingerprint density at radius 1 is 1.14 bits per heavy atom. The van der Waals surface area contributed by atoms with Gasteiger partial charge in [-0.2, -0.15) is 0 Å². The molecule has 270 valence electrons. The summed E-state index contributed by atoms with van der Waals surface area (Å²) < 4.78 is 38.8. The van der Waals surface area contributed by atoms with Gasteiger partial charge in [0, 0.05) is 18.4 Å². The number of ether oxygens (including phenoxy) is 2. The Bertz CT molecular complexity index is 1830. The van der Waals surface area contributed by atoms with Gasteiger partial charge < -0.3 is 30.1 Å². The van der Waals surface area contributed by atoms with Crippen LogP contribution < -0.4 is 24.8 Å². The van der Waals surface area contributed by atoms with E-state index in [0.717, 1.165) is 6.42 Å². The van der Waals surface area contributed by atoms with Crippen LogP contribution in [0.2, 0.25) is 0 Å². The molecule has 6 rings (SSSR count). The lowest BCUT2D eigenvalue weighted by molar-refractivity contribution is -0.142. The highest BCUT2D eigenvalue weighted by atomic mass is 32.2. The van der Waals surface area contributed by atoms with Crippen LogP contribution in [0.25, 0.3) is 11.0 Å². The van der Waals surface area contributed by atoms with E-state index in [1.54, 1.807) is 25.1 Å². The molecule has 0 radical (unpaired) electrons. The van der Waals surface area contributed by atoms with Gasteiger partial charge in [0.05, 0.1) is 35.6 Å². The van der Waals surface area contributed by atoms with Gasteiger partial charge in [-0.15, -0.1) is 0 Å². The number of hydrogen-bond acceptors (Lipinski definition) is 10. The lowest BCUT2D eigenvalue weighted by Crippen LogP contribution is -2.59. The molecule has 0 spiro atoms. The zero-order valence-corrected chi connectivity index (χ0v) is 29.4. The Kier molecular flexibility index (Phi) is 9.43. The molecule has 15 nitrogen and oxygen atoms in total. The molecular formula is C34H44N6O9S. The fourth-order valence-electron chi connectivity index (χ4n) is 7.07. The molecule has 1 aromatic carbocycles. The summed E-state index contributed by atoms with van der Waals surface area (Å²) in [5.41, 5.74) is -0.423. The summed E-state index contributed by atoms with van der Waals surface area (Å²) in [4.78, 5) is 64.2. The first-order valence-electron chi connectivity index (χ1n) is 17.0. The second kappa shape index (κ2) is 13.3. The van der Waals surface area contributed by atoms with Crippen LogP contribution in [0.1, 0.15) is 65.7 Å². The number of nitrogens with one attached hydrogen (secondary N) is 3. The van der Waals surface area contributed by atoms with Gasteiger partial charge in [-0.05, 0) is 69.4 Å². The quantitative estimate of drug-likeness (QED) is 0.307. The fourth-order valence-corrected chi connectivity index (χ4v) is 8.38. The van der Waals surface area contributed by atoms with E-state index in [9.17, 15) is 32.7 Å². The zero-order valence-electron chi connectivity index (χ0n) is 28.5. The molecule has 4 aliphatic rings. The predicted molar refractivity (Wildman–Crippen MR) is 181 cm³/mol. The number of aromatic nitrogens is 2. The number of nitrogens with zero attached hydrogens (tertiary/aromatic N) is 3. The van der Waals surface area contributed by atoms with Crippen molar-refractivity contribution in [3.05, 3.63) is 36.5 Å². The number of benzene rings is 1. The highest BCUT2D eigenvalue weighted by Gasteiger charge is 2.63. The Labute approximate surface area is 290 Å². The Morgan fingerprint density at radius 3 is 2.60 bits per heavy atom. The van der Waals surface area contributed by atoms with Crippen LogP contribution in [0.5, 0.6) is 11.6 Å². The van der Waals surface area contributed by atoms with E-state index in [4.69, 9.17) is 9.47 Å². The molecule has 0 bridgehead atoms. The van der Waals surface area contributed by atoms with E-state index in [-0.39, 0.29) is 25.3 Å². The third-order valence-electron chi connectivity index (χ3n) is 10.5. The van der Waals surface area contributed by atoms with Crippen LogP contribution in [-0.4, -0.2) is 94.3 Å². The zero-order chi connectivity index (χ0) is 36.0. The predicted octanol–water partition coefficient (Wildman–Crippen LogP) is 2.51. The van der Waals surface area contributed by atoms with Crippen molar-refractivity contribution in [3.8, 4) is 11.6 Å². The van der Waals surface area contributed by atoms with Crippen molar-refractivity contribution in [3.63, 3.8) is 0 Å². The topological polar surface area (TPSA) is 206 Å². The minimum Gasteiger partial charge on any atom is -0.488 e. The van der Waals surface area contributed by atoms with Gasteiger partial charge in [0.2, 0.25) is 27.7 Å². The molecule has 1 saturated heterocycles. The number of sulfonamides is 1. The number of methoxy groups -OCH3 is 1. The van der Waals surface area contributed by atoms with Gasteiger partial charge in [0.1, 0.15) is 29.5 Å². The van der Waals surface area contributed by atoms with Gasteiger partial charge in [-0.25, -0.2) is 23.2 Å². The van der Waals surface area contributed by atoms with E-state index in [1.165, 1.54) is 18.2 Å². The van der Waals surface area contributed by atoms with Gasteiger partial charge in [0.25, 0.3) is 5.91 Å². The van der Waals surface area contributed by atoms with E-state index < -0.39 is 74.1 Å². The van der Waals surface area contributed by atoms with Gasteiger partial charge in [0.15, 0.2) is 0 Å². The van der Waals surface area contributed by atoms with Crippen LogP contribution in [0.15, 0.2) is 36.5 Å². The first-order valence-corrected chi connectivity index (χ1v) is 18.5. The van der Waals surface area contributed by atoms with Gasteiger partial charge >= 0.3 is 6.09 Å². The SMILES string of the molecule is COc1cnc2ccc(O[C@@H]3C[C@H]4C(=O)N[C@]5(C(=O)NS(=O)(=O)C6(C)CC6)C[C@H]5C=CCC[C@@H](C)C[C@@H](C)[C@H](NC(=O)O)C(=O)N4C3)cc2n1. The fraction of sp³-hybridized carbons (Fsp3) is 0.588. The Hall–Kier alpha value is -4.47. The van der Waals surface area contributed by atoms with Crippen molar-refractivity contribution in [2.45, 2.75) is 94.2 Å². The molecule has 16 heteroatoms. The second-order valence-electron chi connectivity index (χ2n) is 14.5. The van der Waals surface area contributed by atoms with E-state index in [1.807, 2.05) is 26.0 Å². The smallest absolute Gasteiger partial charge is 0.405 e. The summed E-state index contributed by atoms with van der Waals surface area (Å²) in [5, 5.41) is 14.9. The van der Waals surface area contributed by atoms with Crippen molar-refractivity contribution < 1.29 is 42.2 Å². The Morgan fingerprint density at radius 2 is 1.90 bits per heavy atom. The first-order chi connectivity index (χ1) is 23.6. The maximum atomic E-state index is 14.3. The van der Waals surface area contributed by atoms with Crippen LogP contribution in [0.4, 0.5) is 4.79 Å². The molecule has 1 aromatic heterocycles. The molecule has 7 atom stereocenters. The molecule has 3 fully saturated rings. The lowest BCUT2D eigenvalue weighted by atomic mass is 9.88. The molecule has 3 heterocycles. The third-order valence-corrected chi connectivity index (χ3v) is 12.7. The van der Waals surface area contributed by atoms with E-state index >= 15 is 0 Å². The van der Waals surface area contributed by atoms with Crippen LogP contribution >= 0.6 is 0 Å². The number of carboxylic acid groups (broad SMARTS) is 1. The Balaban J connectivity index is 1.32. The molecule has 0 unspecified atom stereocenters. The number of fused-ring (bicyclic) bond motifs is 3. The summed E-state index contributed by atoms with van der Waals surface area (Å²) in [6.07, 6.45) is 6.21. The maximum absolute atomic E-state index is 14.3. The van der Waals surface area contributed by atoms with Crippen molar-refractivity contribution in [2.24, 2.45) is 17.8 Å². The highest BCUT2D eigenvalue weighted by Crippen LogP contribution is 2.47. The van der Waals surface area contributed by atoms with E-state index in [2.05, 4.69) is 25.3 Å². The minimum absolute atomic E-state index is 0.0263. The largest absolute Gasteiger partial charge is 0.488 e. The molecule has 2 aliphatic carbocycles.